The molecule has 0 radical (unpaired) electrons. The van der Waals surface area contributed by atoms with Crippen molar-refractivity contribution in [3.63, 3.8) is 0 Å². The highest BCUT2D eigenvalue weighted by Gasteiger charge is 2.54. The number of anilines is 1. The molecule has 1 aliphatic heterocycles. The molecule has 6 rings (SSSR count). The van der Waals surface area contributed by atoms with Crippen molar-refractivity contribution in [3.8, 4) is 0 Å². The minimum atomic E-state index is -0.835. The molecule has 3 heteroatoms. The molecule has 5 atom stereocenters. The highest BCUT2D eigenvalue weighted by molar-refractivity contribution is 5.89. The van der Waals surface area contributed by atoms with Gasteiger partial charge >= 0.3 is 5.97 Å². The molecule has 0 amide bonds. The van der Waals surface area contributed by atoms with E-state index in [-0.39, 0.29) is 6.04 Å². The number of carboxylic acid groups (broad SMARTS) is 1. The lowest BCUT2D eigenvalue weighted by molar-refractivity contribution is 0.0696. The SMILES string of the molecule is O=C(O)c1ccc2c(c1)[C@@H]1[C@H]3CC[C@@H](C3)[C@H]1[C@@H](c1cccc3ccccc13)N2. The van der Waals surface area contributed by atoms with Crippen LogP contribution in [0, 0.1) is 17.8 Å². The maximum absolute atomic E-state index is 11.6. The molecule has 0 spiro atoms. The Morgan fingerprint density at radius 1 is 0.929 bits per heavy atom. The number of aromatic carboxylic acids is 1. The molecule has 2 bridgehead atoms. The van der Waals surface area contributed by atoms with E-state index in [2.05, 4.69) is 47.8 Å². The Hall–Kier alpha value is -2.81. The zero-order chi connectivity index (χ0) is 18.8. The van der Waals surface area contributed by atoms with Gasteiger partial charge in [0.15, 0.2) is 0 Å². The Morgan fingerprint density at radius 2 is 1.75 bits per heavy atom. The first kappa shape index (κ1) is 16.2. The van der Waals surface area contributed by atoms with Crippen LogP contribution in [0.4, 0.5) is 5.69 Å². The van der Waals surface area contributed by atoms with Crippen molar-refractivity contribution in [2.45, 2.75) is 31.2 Å². The van der Waals surface area contributed by atoms with Gasteiger partial charge in [-0.25, -0.2) is 4.79 Å². The third-order valence-electron chi connectivity index (χ3n) is 7.49. The quantitative estimate of drug-likeness (QED) is 0.597. The van der Waals surface area contributed by atoms with Crippen LogP contribution in [-0.2, 0) is 0 Å². The summed E-state index contributed by atoms with van der Waals surface area (Å²) in [5, 5.41) is 15.9. The van der Waals surface area contributed by atoms with E-state index >= 15 is 0 Å². The molecule has 2 fully saturated rings. The second-order valence-electron chi connectivity index (χ2n) is 8.73. The first-order valence-electron chi connectivity index (χ1n) is 10.3. The fourth-order valence-corrected chi connectivity index (χ4v) is 6.45. The number of hydrogen-bond acceptors (Lipinski definition) is 2. The van der Waals surface area contributed by atoms with Crippen LogP contribution in [0.25, 0.3) is 10.8 Å². The van der Waals surface area contributed by atoms with Gasteiger partial charge in [-0.15, -0.1) is 0 Å². The average Bonchev–Trinajstić information content (AvgIpc) is 3.35. The summed E-state index contributed by atoms with van der Waals surface area (Å²) in [5.41, 5.74) is 4.14. The number of hydrogen-bond donors (Lipinski definition) is 2. The molecular formula is C25H23NO2. The molecule has 140 valence electrons. The van der Waals surface area contributed by atoms with E-state index in [9.17, 15) is 9.90 Å². The Morgan fingerprint density at radius 3 is 2.64 bits per heavy atom. The Bertz CT molecular complexity index is 1100. The molecule has 3 aromatic rings. The highest BCUT2D eigenvalue weighted by atomic mass is 16.4. The molecule has 3 aliphatic rings. The van der Waals surface area contributed by atoms with Crippen LogP contribution in [0.15, 0.2) is 60.7 Å². The Labute approximate surface area is 164 Å². The van der Waals surface area contributed by atoms with Gasteiger partial charge in [-0.05, 0) is 83.0 Å². The predicted octanol–water partition coefficient (Wildman–Crippen LogP) is 5.83. The van der Waals surface area contributed by atoms with E-state index in [4.69, 9.17) is 0 Å². The smallest absolute Gasteiger partial charge is 0.335 e. The topological polar surface area (TPSA) is 49.3 Å². The van der Waals surface area contributed by atoms with E-state index < -0.39 is 5.97 Å². The number of rotatable bonds is 2. The third-order valence-corrected chi connectivity index (χ3v) is 7.49. The maximum Gasteiger partial charge on any atom is 0.335 e. The summed E-state index contributed by atoms with van der Waals surface area (Å²) in [5.74, 6) is 1.60. The third kappa shape index (κ3) is 2.19. The summed E-state index contributed by atoms with van der Waals surface area (Å²) in [7, 11) is 0. The summed E-state index contributed by atoms with van der Waals surface area (Å²) >= 11 is 0. The molecule has 3 aromatic carbocycles. The summed E-state index contributed by atoms with van der Waals surface area (Å²) < 4.78 is 0. The second kappa shape index (κ2) is 5.84. The first-order chi connectivity index (χ1) is 13.7. The van der Waals surface area contributed by atoms with Crippen molar-refractivity contribution in [2.75, 3.05) is 5.32 Å². The average molecular weight is 369 g/mol. The molecular weight excluding hydrogens is 346 g/mol. The number of carboxylic acids is 1. The lowest BCUT2D eigenvalue weighted by Gasteiger charge is -2.44. The van der Waals surface area contributed by atoms with Crippen molar-refractivity contribution in [1.29, 1.82) is 0 Å². The van der Waals surface area contributed by atoms with E-state index in [0.29, 0.717) is 23.3 Å². The van der Waals surface area contributed by atoms with Crippen LogP contribution in [-0.4, -0.2) is 11.1 Å². The van der Waals surface area contributed by atoms with Crippen LogP contribution in [0.5, 0.6) is 0 Å². The van der Waals surface area contributed by atoms with E-state index in [0.717, 1.165) is 11.6 Å². The van der Waals surface area contributed by atoms with Crippen LogP contribution < -0.4 is 5.32 Å². The van der Waals surface area contributed by atoms with Crippen LogP contribution >= 0.6 is 0 Å². The Kier molecular flexibility index (Phi) is 3.37. The summed E-state index contributed by atoms with van der Waals surface area (Å²) in [6.45, 7) is 0. The molecule has 2 saturated carbocycles. The van der Waals surface area contributed by atoms with Gasteiger partial charge in [0.1, 0.15) is 0 Å². The number of carbonyl (C=O) groups is 1. The predicted molar refractivity (Wildman–Crippen MR) is 111 cm³/mol. The van der Waals surface area contributed by atoms with Crippen molar-refractivity contribution in [3.05, 3.63) is 77.4 Å². The van der Waals surface area contributed by atoms with E-state index in [1.54, 1.807) is 6.07 Å². The molecule has 2 aliphatic carbocycles. The van der Waals surface area contributed by atoms with Gasteiger partial charge in [0, 0.05) is 5.69 Å². The molecule has 3 nitrogen and oxygen atoms in total. The maximum atomic E-state index is 11.6. The zero-order valence-electron chi connectivity index (χ0n) is 15.6. The molecule has 0 saturated heterocycles. The minimum absolute atomic E-state index is 0.287. The van der Waals surface area contributed by atoms with Gasteiger partial charge in [-0.3, -0.25) is 0 Å². The number of benzene rings is 3. The van der Waals surface area contributed by atoms with E-state index in [1.807, 2.05) is 12.1 Å². The number of nitrogens with one attached hydrogen (secondary N) is 1. The van der Waals surface area contributed by atoms with Gasteiger partial charge in [0.2, 0.25) is 0 Å². The first-order valence-corrected chi connectivity index (χ1v) is 10.3. The minimum Gasteiger partial charge on any atom is -0.478 e. The normalized spacial score (nSPS) is 29.9. The summed E-state index contributed by atoms with van der Waals surface area (Å²) in [4.78, 5) is 11.6. The van der Waals surface area contributed by atoms with Gasteiger partial charge in [-0.2, -0.15) is 0 Å². The van der Waals surface area contributed by atoms with Gasteiger partial charge < -0.3 is 10.4 Å². The number of fused-ring (bicyclic) bond motifs is 8. The summed E-state index contributed by atoms with van der Waals surface area (Å²) in [6.07, 6.45) is 3.88. The molecule has 28 heavy (non-hydrogen) atoms. The van der Waals surface area contributed by atoms with E-state index in [1.165, 1.54) is 41.2 Å². The largest absolute Gasteiger partial charge is 0.478 e. The highest BCUT2D eigenvalue weighted by Crippen LogP contribution is 2.64. The molecule has 0 unspecified atom stereocenters. The van der Waals surface area contributed by atoms with Gasteiger partial charge in [-0.1, -0.05) is 42.5 Å². The second-order valence-corrected chi connectivity index (χ2v) is 8.73. The van der Waals surface area contributed by atoms with Crippen LogP contribution in [0.3, 0.4) is 0 Å². The van der Waals surface area contributed by atoms with Crippen LogP contribution in [0.1, 0.15) is 52.7 Å². The van der Waals surface area contributed by atoms with Gasteiger partial charge in [0.25, 0.3) is 0 Å². The Balaban J connectivity index is 1.54. The van der Waals surface area contributed by atoms with Crippen molar-refractivity contribution < 1.29 is 9.90 Å². The standard InChI is InChI=1S/C25H23NO2/c27-25(28)17-10-11-21-20(13-17)22-15-8-9-16(12-15)23(22)24(26-21)19-7-3-5-14-4-1-2-6-18(14)19/h1-7,10-11,13,15-16,22-24,26H,8-9,12H2,(H,27,28)/t15-,16-,22-,23+,24+/m0/s1. The fraction of sp³-hybridized carbons (Fsp3) is 0.320. The van der Waals surface area contributed by atoms with Crippen molar-refractivity contribution >= 4 is 22.4 Å². The molecule has 0 aromatic heterocycles. The lowest BCUT2D eigenvalue weighted by Crippen LogP contribution is -2.35. The monoisotopic (exact) mass is 369 g/mol. The summed E-state index contributed by atoms with van der Waals surface area (Å²) in [6, 6.07) is 21.2. The van der Waals surface area contributed by atoms with Crippen molar-refractivity contribution in [2.24, 2.45) is 17.8 Å². The molecule has 2 N–H and O–H groups in total. The van der Waals surface area contributed by atoms with Crippen molar-refractivity contribution in [1.82, 2.24) is 0 Å². The lowest BCUT2D eigenvalue weighted by atomic mass is 9.67. The van der Waals surface area contributed by atoms with Crippen LogP contribution in [0.2, 0.25) is 0 Å². The fourth-order valence-electron chi connectivity index (χ4n) is 6.45. The molecule has 1 heterocycles. The zero-order valence-corrected chi connectivity index (χ0v) is 15.6. The van der Waals surface area contributed by atoms with Gasteiger partial charge in [0.05, 0.1) is 11.6 Å².